The first-order valence-corrected chi connectivity index (χ1v) is 5.47. The number of anilines is 1. The van der Waals surface area contributed by atoms with Crippen molar-refractivity contribution in [2.45, 2.75) is 26.4 Å². The summed E-state index contributed by atoms with van der Waals surface area (Å²) in [6, 6.07) is 1.02. The number of aryl methyl sites for hydroxylation is 1. The molecule has 0 aliphatic heterocycles. The van der Waals surface area contributed by atoms with Crippen LogP contribution in [-0.2, 0) is 11.3 Å². The molecule has 1 atom stereocenters. The van der Waals surface area contributed by atoms with Gasteiger partial charge in [-0.1, -0.05) is 0 Å². The monoisotopic (exact) mass is 238 g/mol. The predicted molar refractivity (Wildman–Crippen MR) is 65.5 cm³/mol. The SMILES string of the molecule is CCn1cc(N)cc1C(=O)NC(C)C(=O)NC. The van der Waals surface area contributed by atoms with Crippen molar-refractivity contribution >= 4 is 17.5 Å². The van der Waals surface area contributed by atoms with E-state index < -0.39 is 6.04 Å². The van der Waals surface area contributed by atoms with Gasteiger partial charge < -0.3 is 20.9 Å². The first-order valence-electron chi connectivity index (χ1n) is 5.47. The van der Waals surface area contributed by atoms with Gasteiger partial charge in [-0.05, 0) is 19.9 Å². The minimum atomic E-state index is -0.575. The lowest BCUT2D eigenvalue weighted by molar-refractivity contribution is -0.122. The van der Waals surface area contributed by atoms with Gasteiger partial charge in [-0.25, -0.2) is 0 Å². The number of nitrogens with two attached hydrogens (primary N) is 1. The molecule has 1 rings (SSSR count). The van der Waals surface area contributed by atoms with Gasteiger partial charge in [0, 0.05) is 19.8 Å². The van der Waals surface area contributed by atoms with Crippen LogP contribution >= 0.6 is 0 Å². The normalized spacial score (nSPS) is 11.9. The molecule has 1 aromatic heterocycles. The van der Waals surface area contributed by atoms with Crippen molar-refractivity contribution < 1.29 is 9.59 Å². The quantitative estimate of drug-likeness (QED) is 0.687. The number of aromatic nitrogens is 1. The standard InChI is InChI=1S/C11H18N4O2/c1-4-15-6-8(12)5-9(15)11(17)14-7(2)10(16)13-3/h5-7H,4,12H2,1-3H3,(H,13,16)(H,14,17). The second kappa shape index (κ2) is 5.38. The molecule has 0 radical (unpaired) electrons. The van der Waals surface area contributed by atoms with E-state index in [-0.39, 0.29) is 11.8 Å². The van der Waals surface area contributed by atoms with Crippen molar-refractivity contribution in [3.8, 4) is 0 Å². The van der Waals surface area contributed by atoms with Crippen molar-refractivity contribution in [1.29, 1.82) is 0 Å². The first kappa shape index (κ1) is 13.1. The molecule has 4 N–H and O–H groups in total. The molecule has 0 bridgehead atoms. The van der Waals surface area contributed by atoms with Gasteiger partial charge in [0.2, 0.25) is 5.91 Å². The van der Waals surface area contributed by atoms with E-state index >= 15 is 0 Å². The van der Waals surface area contributed by atoms with Crippen LogP contribution in [0.5, 0.6) is 0 Å². The topological polar surface area (TPSA) is 89.2 Å². The highest BCUT2D eigenvalue weighted by Gasteiger charge is 2.17. The van der Waals surface area contributed by atoms with Crippen LogP contribution in [0.4, 0.5) is 5.69 Å². The Morgan fingerprint density at radius 3 is 2.71 bits per heavy atom. The fourth-order valence-corrected chi connectivity index (χ4v) is 1.54. The Hall–Kier alpha value is -1.98. The van der Waals surface area contributed by atoms with E-state index in [1.807, 2.05) is 6.92 Å². The van der Waals surface area contributed by atoms with E-state index in [0.29, 0.717) is 17.9 Å². The zero-order valence-electron chi connectivity index (χ0n) is 10.3. The predicted octanol–water partition coefficient (Wildman–Crippen LogP) is -0.0455. The lowest BCUT2D eigenvalue weighted by atomic mass is 10.3. The Kier molecular flexibility index (Phi) is 4.14. The molecular formula is C11H18N4O2. The number of amides is 2. The summed E-state index contributed by atoms with van der Waals surface area (Å²) in [4.78, 5) is 23.2. The van der Waals surface area contributed by atoms with Crippen molar-refractivity contribution in [3.63, 3.8) is 0 Å². The molecule has 0 aromatic carbocycles. The molecule has 1 aromatic rings. The van der Waals surface area contributed by atoms with Crippen LogP contribution in [0, 0.1) is 0 Å². The second-order valence-electron chi connectivity index (χ2n) is 3.75. The van der Waals surface area contributed by atoms with Gasteiger partial charge in [0.15, 0.2) is 0 Å². The van der Waals surface area contributed by atoms with Crippen LogP contribution in [0.2, 0.25) is 0 Å². The Bertz CT molecular complexity index is 425. The lowest BCUT2D eigenvalue weighted by Crippen LogP contribution is -2.44. The molecule has 6 heteroatoms. The number of carbonyl (C=O) groups excluding carboxylic acids is 2. The third kappa shape index (κ3) is 2.99. The van der Waals surface area contributed by atoms with E-state index in [1.165, 1.54) is 7.05 Å². The summed E-state index contributed by atoms with van der Waals surface area (Å²) < 4.78 is 1.74. The van der Waals surface area contributed by atoms with Gasteiger partial charge in [0.05, 0.1) is 5.69 Å². The fraction of sp³-hybridized carbons (Fsp3) is 0.455. The summed E-state index contributed by atoms with van der Waals surface area (Å²) in [7, 11) is 1.53. The number of hydrogen-bond donors (Lipinski definition) is 3. The van der Waals surface area contributed by atoms with E-state index in [2.05, 4.69) is 10.6 Å². The molecule has 1 heterocycles. The fourth-order valence-electron chi connectivity index (χ4n) is 1.54. The minimum absolute atomic E-state index is 0.235. The average molecular weight is 238 g/mol. The number of hydrogen-bond acceptors (Lipinski definition) is 3. The first-order chi connectivity index (χ1) is 7.99. The van der Waals surface area contributed by atoms with Gasteiger partial charge >= 0.3 is 0 Å². The van der Waals surface area contributed by atoms with E-state index in [4.69, 9.17) is 5.73 Å². The van der Waals surface area contributed by atoms with Crippen LogP contribution in [0.15, 0.2) is 12.3 Å². The Balaban J connectivity index is 2.79. The smallest absolute Gasteiger partial charge is 0.268 e. The Morgan fingerprint density at radius 1 is 1.53 bits per heavy atom. The van der Waals surface area contributed by atoms with Crippen molar-refractivity contribution in [1.82, 2.24) is 15.2 Å². The van der Waals surface area contributed by atoms with Gasteiger partial charge in [0.1, 0.15) is 11.7 Å². The summed E-state index contributed by atoms with van der Waals surface area (Å²) in [6.07, 6.45) is 1.69. The average Bonchev–Trinajstić information content (AvgIpc) is 2.69. The van der Waals surface area contributed by atoms with E-state index in [9.17, 15) is 9.59 Å². The number of nitrogen functional groups attached to an aromatic ring is 1. The summed E-state index contributed by atoms with van der Waals surface area (Å²) >= 11 is 0. The second-order valence-corrected chi connectivity index (χ2v) is 3.75. The summed E-state index contributed by atoms with van der Waals surface area (Å²) in [5, 5.41) is 5.08. The summed E-state index contributed by atoms with van der Waals surface area (Å²) in [5.41, 5.74) is 6.62. The molecule has 1 unspecified atom stereocenters. The number of rotatable bonds is 4. The molecule has 0 fully saturated rings. The third-order valence-corrected chi connectivity index (χ3v) is 2.48. The van der Waals surface area contributed by atoms with Crippen molar-refractivity contribution in [2.75, 3.05) is 12.8 Å². The molecule has 6 nitrogen and oxygen atoms in total. The zero-order chi connectivity index (χ0) is 13.0. The molecule has 0 aliphatic carbocycles. The largest absolute Gasteiger partial charge is 0.397 e. The number of nitrogens with zero attached hydrogens (tertiary/aromatic N) is 1. The van der Waals surface area contributed by atoms with Gasteiger partial charge in [-0.2, -0.15) is 0 Å². The highest BCUT2D eigenvalue weighted by atomic mass is 16.2. The molecule has 94 valence electrons. The molecular weight excluding hydrogens is 220 g/mol. The molecule has 2 amide bonds. The summed E-state index contributed by atoms with van der Waals surface area (Å²) in [5.74, 6) is -0.541. The Morgan fingerprint density at radius 2 is 2.18 bits per heavy atom. The maximum Gasteiger partial charge on any atom is 0.268 e. The molecule has 0 saturated heterocycles. The van der Waals surface area contributed by atoms with Gasteiger partial charge in [0.25, 0.3) is 5.91 Å². The van der Waals surface area contributed by atoms with Crippen LogP contribution in [0.3, 0.4) is 0 Å². The Labute approximate surface area is 100 Å². The summed E-state index contributed by atoms with van der Waals surface area (Å²) in [6.45, 7) is 4.19. The van der Waals surface area contributed by atoms with Crippen LogP contribution < -0.4 is 16.4 Å². The number of carbonyl (C=O) groups is 2. The van der Waals surface area contributed by atoms with Gasteiger partial charge in [-0.3, -0.25) is 9.59 Å². The van der Waals surface area contributed by atoms with Crippen molar-refractivity contribution in [3.05, 3.63) is 18.0 Å². The molecule has 17 heavy (non-hydrogen) atoms. The number of likely N-dealkylation sites (N-methyl/N-ethyl adjacent to an activating group) is 1. The molecule has 0 saturated carbocycles. The molecule has 0 spiro atoms. The van der Waals surface area contributed by atoms with Crippen LogP contribution in [0.1, 0.15) is 24.3 Å². The molecule has 0 aliphatic rings. The highest BCUT2D eigenvalue weighted by molar-refractivity contribution is 5.97. The van der Waals surface area contributed by atoms with E-state index in [0.717, 1.165) is 0 Å². The van der Waals surface area contributed by atoms with Gasteiger partial charge in [-0.15, -0.1) is 0 Å². The lowest BCUT2D eigenvalue weighted by Gasteiger charge is -2.13. The van der Waals surface area contributed by atoms with Crippen LogP contribution in [0.25, 0.3) is 0 Å². The maximum absolute atomic E-state index is 11.9. The zero-order valence-corrected chi connectivity index (χ0v) is 10.3. The van der Waals surface area contributed by atoms with Crippen molar-refractivity contribution in [2.24, 2.45) is 0 Å². The number of nitrogens with one attached hydrogen (secondary N) is 2. The third-order valence-electron chi connectivity index (χ3n) is 2.48. The van der Waals surface area contributed by atoms with E-state index in [1.54, 1.807) is 23.8 Å². The highest BCUT2D eigenvalue weighted by Crippen LogP contribution is 2.10. The van der Waals surface area contributed by atoms with Crippen LogP contribution in [-0.4, -0.2) is 29.5 Å². The minimum Gasteiger partial charge on any atom is -0.397 e. The maximum atomic E-state index is 11.9.